The summed E-state index contributed by atoms with van der Waals surface area (Å²) in [6.45, 7) is 6.06. The lowest BCUT2D eigenvalue weighted by Gasteiger charge is -2.10. The van der Waals surface area contributed by atoms with Gasteiger partial charge in [0.1, 0.15) is 11.5 Å². The van der Waals surface area contributed by atoms with Crippen molar-refractivity contribution in [3.05, 3.63) is 45.3 Å². The van der Waals surface area contributed by atoms with Crippen molar-refractivity contribution >= 4 is 11.6 Å². The highest BCUT2D eigenvalue weighted by molar-refractivity contribution is 6.30. The van der Waals surface area contributed by atoms with Crippen molar-refractivity contribution in [2.24, 2.45) is 0 Å². The molecule has 2 aromatic rings. The Kier molecular flexibility index (Phi) is 3.68. The van der Waals surface area contributed by atoms with Gasteiger partial charge in [-0.15, -0.1) is 0 Å². The summed E-state index contributed by atoms with van der Waals surface area (Å²) in [5, 5.41) is 8.12. The van der Waals surface area contributed by atoms with Gasteiger partial charge in [0.2, 0.25) is 0 Å². The molecule has 1 aromatic heterocycles. The van der Waals surface area contributed by atoms with Gasteiger partial charge in [-0.25, -0.2) is 0 Å². The van der Waals surface area contributed by atoms with Crippen molar-refractivity contribution in [2.45, 2.75) is 33.4 Å². The van der Waals surface area contributed by atoms with Crippen LogP contribution in [0.3, 0.4) is 0 Å². The van der Waals surface area contributed by atoms with Gasteiger partial charge in [-0.3, -0.25) is 0 Å². The zero-order valence-electron chi connectivity index (χ0n) is 11.6. The van der Waals surface area contributed by atoms with E-state index in [4.69, 9.17) is 20.9 Å². The van der Waals surface area contributed by atoms with Crippen molar-refractivity contribution in [3.8, 4) is 5.75 Å². The molecule has 0 amide bonds. The minimum absolute atomic E-state index is 0.715. The van der Waals surface area contributed by atoms with Crippen LogP contribution < -0.4 is 10.1 Å². The van der Waals surface area contributed by atoms with Crippen LogP contribution in [-0.2, 0) is 19.5 Å². The van der Waals surface area contributed by atoms with Crippen molar-refractivity contribution in [1.29, 1.82) is 0 Å². The number of hydrogen-bond donors (Lipinski definition) is 1. The first-order valence-electron chi connectivity index (χ1n) is 6.71. The molecule has 0 fully saturated rings. The van der Waals surface area contributed by atoms with E-state index in [-0.39, 0.29) is 0 Å². The number of rotatable bonds is 4. The molecule has 20 heavy (non-hydrogen) atoms. The van der Waals surface area contributed by atoms with Crippen LogP contribution in [0.1, 0.15) is 28.1 Å². The lowest BCUT2D eigenvalue weighted by Crippen LogP contribution is -2.14. The number of ether oxygens (including phenoxy) is 1. The second-order valence-corrected chi connectivity index (χ2v) is 5.49. The summed E-state index contributed by atoms with van der Waals surface area (Å²) in [7, 11) is 0. The van der Waals surface area contributed by atoms with Crippen LogP contribution in [0.4, 0.5) is 0 Å². The SMILES string of the molecule is Cc1noc(C)c1CNCc1cc(Cl)cc2c1OCC2. The topological polar surface area (TPSA) is 47.3 Å². The molecule has 1 aliphatic heterocycles. The van der Waals surface area contributed by atoms with E-state index in [1.165, 1.54) is 5.56 Å². The molecule has 0 aliphatic carbocycles. The van der Waals surface area contributed by atoms with Gasteiger partial charge in [-0.05, 0) is 31.5 Å². The molecule has 106 valence electrons. The van der Waals surface area contributed by atoms with E-state index in [2.05, 4.69) is 10.5 Å². The maximum Gasteiger partial charge on any atom is 0.138 e. The lowest BCUT2D eigenvalue weighted by molar-refractivity contribution is 0.352. The molecule has 0 unspecified atom stereocenters. The van der Waals surface area contributed by atoms with Crippen LogP contribution in [0.25, 0.3) is 0 Å². The summed E-state index contributed by atoms with van der Waals surface area (Å²) in [6.07, 6.45) is 0.937. The van der Waals surface area contributed by atoms with Gasteiger partial charge >= 0.3 is 0 Å². The predicted octanol–water partition coefficient (Wildman–Crippen LogP) is 3.17. The van der Waals surface area contributed by atoms with Crippen LogP contribution in [0.5, 0.6) is 5.75 Å². The average Bonchev–Trinajstić information content (AvgIpc) is 2.99. The molecule has 4 nitrogen and oxygen atoms in total. The van der Waals surface area contributed by atoms with Gasteiger partial charge in [0.15, 0.2) is 0 Å². The molecule has 5 heteroatoms. The summed E-state index contributed by atoms with van der Waals surface area (Å²) in [5.74, 6) is 1.85. The summed E-state index contributed by atoms with van der Waals surface area (Å²) in [5.41, 5.74) is 4.36. The lowest BCUT2D eigenvalue weighted by atomic mass is 10.1. The van der Waals surface area contributed by atoms with Gasteiger partial charge in [-0.1, -0.05) is 16.8 Å². The van der Waals surface area contributed by atoms with E-state index < -0.39 is 0 Å². The maximum atomic E-state index is 6.15. The van der Waals surface area contributed by atoms with Crippen LogP contribution >= 0.6 is 11.6 Å². The molecular weight excluding hydrogens is 276 g/mol. The third kappa shape index (κ3) is 2.53. The molecule has 1 N–H and O–H groups in total. The predicted molar refractivity (Wildman–Crippen MR) is 77.2 cm³/mol. The quantitative estimate of drug-likeness (QED) is 0.940. The summed E-state index contributed by atoms with van der Waals surface area (Å²) in [4.78, 5) is 0. The fourth-order valence-corrected chi connectivity index (χ4v) is 2.82. The molecule has 0 radical (unpaired) electrons. The molecule has 1 aromatic carbocycles. The molecule has 0 saturated heterocycles. The van der Waals surface area contributed by atoms with Crippen LogP contribution in [0.15, 0.2) is 16.7 Å². The standard InChI is InChI=1S/C15H17ClN2O2/c1-9-14(10(2)20-18-9)8-17-7-12-6-13(16)5-11-3-4-19-15(11)12/h5-6,17H,3-4,7-8H2,1-2H3. The first-order chi connectivity index (χ1) is 9.65. The van der Waals surface area contributed by atoms with Gasteiger partial charge in [-0.2, -0.15) is 0 Å². The number of nitrogens with zero attached hydrogens (tertiary/aromatic N) is 1. The van der Waals surface area contributed by atoms with Gasteiger partial charge in [0.25, 0.3) is 0 Å². The fraction of sp³-hybridized carbons (Fsp3) is 0.400. The number of fused-ring (bicyclic) bond motifs is 1. The summed E-state index contributed by atoms with van der Waals surface area (Å²) < 4.78 is 10.8. The molecule has 0 bridgehead atoms. The third-order valence-corrected chi connectivity index (χ3v) is 3.84. The number of aromatic nitrogens is 1. The maximum absolute atomic E-state index is 6.15. The fourth-order valence-electron chi connectivity index (χ4n) is 2.55. The summed E-state index contributed by atoms with van der Waals surface area (Å²) in [6, 6.07) is 3.95. The van der Waals surface area contributed by atoms with Crippen molar-refractivity contribution in [3.63, 3.8) is 0 Å². The Morgan fingerprint density at radius 1 is 1.30 bits per heavy atom. The molecule has 3 rings (SSSR count). The normalized spacial score (nSPS) is 13.3. The van der Waals surface area contributed by atoms with Gasteiger partial charge < -0.3 is 14.6 Å². The second-order valence-electron chi connectivity index (χ2n) is 5.06. The Bertz CT molecular complexity index is 618. The average molecular weight is 293 g/mol. The van der Waals surface area contributed by atoms with E-state index in [1.807, 2.05) is 26.0 Å². The van der Waals surface area contributed by atoms with Crippen molar-refractivity contribution in [1.82, 2.24) is 10.5 Å². The molecule has 2 heterocycles. The number of nitrogens with one attached hydrogen (secondary N) is 1. The molecule has 0 atom stereocenters. The number of halogens is 1. The van der Waals surface area contributed by atoms with Crippen LogP contribution in [0, 0.1) is 13.8 Å². The minimum Gasteiger partial charge on any atom is -0.493 e. The first-order valence-corrected chi connectivity index (χ1v) is 7.09. The van der Waals surface area contributed by atoms with Crippen molar-refractivity contribution < 1.29 is 9.26 Å². The Labute approximate surface area is 123 Å². The highest BCUT2D eigenvalue weighted by Gasteiger charge is 2.17. The Morgan fingerprint density at radius 2 is 2.15 bits per heavy atom. The van der Waals surface area contributed by atoms with E-state index in [0.717, 1.165) is 52.9 Å². The third-order valence-electron chi connectivity index (χ3n) is 3.62. The van der Waals surface area contributed by atoms with Gasteiger partial charge in [0.05, 0.1) is 12.3 Å². The second kappa shape index (κ2) is 5.46. The number of hydrogen-bond acceptors (Lipinski definition) is 4. The Balaban J connectivity index is 1.70. The molecule has 0 spiro atoms. The molecule has 0 saturated carbocycles. The Morgan fingerprint density at radius 3 is 2.90 bits per heavy atom. The minimum atomic E-state index is 0.715. The van der Waals surface area contributed by atoms with E-state index >= 15 is 0 Å². The van der Waals surface area contributed by atoms with Crippen molar-refractivity contribution in [2.75, 3.05) is 6.61 Å². The largest absolute Gasteiger partial charge is 0.493 e. The Hall–Kier alpha value is -1.52. The van der Waals surface area contributed by atoms with Crippen LogP contribution in [-0.4, -0.2) is 11.8 Å². The van der Waals surface area contributed by atoms with Gasteiger partial charge in [0, 0.05) is 35.7 Å². The monoisotopic (exact) mass is 292 g/mol. The molecule has 1 aliphatic rings. The van der Waals surface area contributed by atoms with E-state index in [9.17, 15) is 0 Å². The zero-order chi connectivity index (χ0) is 14.1. The number of benzene rings is 1. The van der Waals surface area contributed by atoms with E-state index in [0.29, 0.717) is 6.54 Å². The smallest absolute Gasteiger partial charge is 0.138 e. The molecular formula is C15H17ClN2O2. The summed E-state index contributed by atoms with van der Waals surface area (Å²) >= 11 is 6.15. The highest BCUT2D eigenvalue weighted by atomic mass is 35.5. The number of aryl methyl sites for hydroxylation is 2. The van der Waals surface area contributed by atoms with Crippen LogP contribution in [0.2, 0.25) is 5.02 Å². The highest BCUT2D eigenvalue weighted by Crippen LogP contribution is 2.32. The zero-order valence-corrected chi connectivity index (χ0v) is 12.4. The van der Waals surface area contributed by atoms with E-state index in [1.54, 1.807) is 0 Å². The first kappa shape index (κ1) is 13.5.